The average Bonchev–Trinajstić information content (AvgIpc) is 3.24. The second-order valence-electron chi connectivity index (χ2n) is 5.97. The number of halogens is 1. The van der Waals surface area contributed by atoms with Gasteiger partial charge in [0.05, 0.1) is 16.4 Å². The van der Waals surface area contributed by atoms with E-state index < -0.39 is 0 Å². The minimum absolute atomic E-state index is 0.225. The summed E-state index contributed by atoms with van der Waals surface area (Å²) in [6.07, 6.45) is 3.44. The Bertz CT molecular complexity index is 883. The minimum atomic E-state index is -0.225. The van der Waals surface area contributed by atoms with Crippen LogP contribution in [0.5, 0.6) is 0 Å². The summed E-state index contributed by atoms with van der Waals surface area (Å²) in [6, 6.07) is 9.00. The van der Waals surface area contributed by atoms with Crippen molar-refractivity contribution in [3.8, 4) is 5.69 Å². The van der Waals surface area contributed by atoms with Gasteiger partial charge in [-0.3, -0.25) is 9.48 Å². The zero-order valence-electron chi connectivity index (χ0n) is 14.4. The van der Waals surface area contributed by atoms with Crippen LogP contribution in [0.25, 0.3) is 5.69 Å². The van der Waals surface area contributed by atoms with Crippen molar-refractivity contribution in [2.45, 2.75) is 33.2 Å². The number of para-hydroxylation sites is 1. The molecule has 2 aromatic heterocycles. The van der Waals surface area contributed by atoms with E-state index >= 15 is 0 Å². The van der Waals surface area contributed by atoms with E-state index in [4.69, 9.17) is 11.6 Å². The van der Waals surface area contributed by atoms with Crippen LogP contribution in [0.15, 0.2) is 42.7 Å². The monoisotopic (exact) mass is 357 g/mol. The Morgan fingerprint density at radius 3 is 2.76 bits per heavy atom. The lowest BCUT2D eigenvalue weighted by Crippen LogP contribution is -2.18. The maximum absolute atomic E-state index is 12.8. The molecule has 0 spiro atoms. The molecule has 3 rings (SSSR count). The second kappa shape index (κ2) is 7.11. The molecule has 0 radical (unpaired) electrons. The van der Waals surface area contributed by atoms with Gasteiger partial charge in [0.1, 0.15) is 11.4 Å². The number of carbonyl (C=O) groups is 1. The lowest BCUT2D eigenvalue weighted by molar-refractivity contribution is 0.101. The molecule has 0 atom stereocenters. The van der Waals surface area contributed by atoms with Crippen molar-refractivity contribution in [3.63, 3.8) is 0 Å². The number of amides is 1. The third-order valence-electron chi connectivity index (χ3n) is 3.89. The van der Waals surface area contributed by atoms with Gasteiger partial charge in [0.15, 0.2) is 0 Å². The van der Waals surface area contributed by atoms with Gasteiger partial charge in [-0.2, -0.15) is 10.2 Å². The van der Waals surface area contributed by atoms with Crippen molar-refractivity contribution in [3.05, 3.63) is 59.1 Å². The Kier molecular flexibility index (Phi) is 4.90. The van der Waals surface area contributed by atoms with Gasteiger partial charge in [0, 0.05) is 18.9 Å². The molecule has 1 aromatic carbocycles. The van der Waals surface area contributed by atoms with Gasteiger partial charge in [-0.25, -0.2) is 4.68 Å². The molecule has 0 aliphatic rings. The van der Waals surface area contributed by atoms with Crippen LogP contribution in [-0.2, 0) is 6.54 Å². The summed E-state index contributed by atoms with van der Waals surface area (Å²) in [4.78, 5) is 12.8. The lowest BCUT2D eigenvalue weighted by atomic mass is 10.1. The third kappa shape index (κ3) is 3.44. The highest BCUT2D eigenvalue weighted by Gasteiger charge is 2.18. The molecule has 1 amide bonds. The number of hydrogen-bond acceptors (Lipinski definition) is 3. The van der Waals surface area contributed by atoms with E-state index in [2.05, 4.69) is 29.4 Å². The maximum Gasteiger partial charge on any atom is 0.274 e. The summed E-state index contributed by atoms with van der Waals surface area (Å²) in [5, 5.41) is 12.2. The number of nitrogens with zero attached hydrogens (tertiary/aromatic N) is 4. The molecule has 25 heavy (non-hydrogen) atoms. The summed E-state index contributed by atoms with van der Waals surface area (Å²) in [5.74, 6) is 0.0297. The molecule has 7 heteroatoms. The van der Waals surface area contributed by atoms with E-state index in [0.717, 1.165) is 5.69 Å². The summed E-state index contributed by atoms with van der Waals surface area (Å²) >= 11 is 6.32. The van der Waals surface area contributed by atoms with Gasteiger partial charge >= 0.3 is 0 Å². The Balaban J connectivity index is 1.96. The fraction of sp³-hybridized carbons (Fsp3) is 0.278. The van der Waals surface area contributed by atoms with Crippen LogP contribution in [-0.4, -0.2) is 25.5 Å². The van der Waals surface area contributed by atoms with Gasteiger partial charge in [-0.05, 0) is 37.1 Å². The van der Waals surface area contributed by atoms with Crippen LogP contribution >= 0.6 is 11.6 Å². The first-order chi connectivity index (χ1) is 12.0. The maximum atomic E-state index is 12.8. The molecule has 130 valence electrons. The second-order valence-corrected chi connectivity index (χ2v) is 6.37. The summed E-state index contributed by atoms with van der Waals surface area (Å²) < 4.78 is 3.34. The Morgan fingerprint density at radius 2 is 2.12 bits per heavy atom. The van der Waals surface area contributed by atoms with Gasteiger partial charge in [-0.15, -0.1) is 0 Å². The van der Waals surface area contributed by atoms with E-state index in [-0.39, 0.29) is 11.8 Å². The van der Waals surface area contributed by atoms with Crippen molar-refractivity contribution in [2.75, 3.05) is 5.32 Å². The predicted molar refractivity (Wildman–Crippen MR) is 98.5 cm³/mol. The average molecular weight is 358 g/mol. The molecule has 0 saturated heterocycles. The normalized spacial score (nSPS) is 11.1. The number of anilines is 1. The van der Waals surface area contributed by atoms with Crippen molar-refractivity contribution in [2.24, 2.45) is 0 Å². The lowest BCUT2D eigenvalue weighted by Gasteiger charge is -2.13. The van der Waals surface area contributed by atoms with Gasteiger partial charge < -0.3 is 5.32 Å². The molecule has 0 unspecified atom stereocenters. The highest BCUT2D eigenvalue weighted by atomic mass is 35.5. The Hall–Kier alpha value is -2.60. The molecule has 0 fully saturated rings. The number of aromatic nitrogens is 4. The molecule has 3 aromatic rings. The quantitative estimate of drug-likeness (QED) is 0.747. The Labute approximate surface area is 151 Å². The Morgan fingerprint density at radius 1 is 1.32 bits per heavy atom. The van der Waals surface area contributed by atoms with Gasteiger partial charge in [-0.1, -0.05) is 31.5 Å². The first kappa shape index (κ1) is 17.2. The van der Waals surface area contributed by atoms with Crippen molar-refractivity contribution in [1.29, 1.82) is 0 Å². The van der Waals surface area contributed by atoms with Crippen molar-refractivity contribution < 1.29 is 4.79 Å². The van der Waals surface area contributed by atoms with Gasteiger partial charge in [0.2, 0.25) is 0 Å². The first-order valence-corrected chi connectivity index (χ1v) is 8.56. The number of rotatable bonds is 5. The van der Waals surface area contributed by atoms with E-state index in [1.54, 1.807) is 46.0 Å². The molecule has 1 N–H and O–H groups in total. The highest BCUT2D eigenvalue weighted by Crippen LogP contribution is 2.28. The summed E-state index contributed by atoms with van der Waals surface area (Å²) in [7, 11) is 0. The van der Waals surface area contributed by atoms with E-state index in [0.29, 0.717) is 28.6 Å². The molecular formula is C18H20ClN5O. The minimum Gasteiger partial charge on any atom is -0.319 e. The SMILES string of the molecule is CCn1nc(C(C)C)cc1C(=O)Nc1cccc(Cl)c1-n1cccn1. The van der Waals surface area contributed by atoms with E-state index in [1.807, 2.05) is 13.0 Å². The third-order valence-corrected chi connectivity index (χ3v) is 4.20. The topological polar surface area (TPSA) is 64.7 Å². The number of benzene rings is 1. The van der Waals surface area contributed by atoms with Crippen molar-refractivity contribution >= 4 is 23.2 Å². The van der Waals surface area contributed by atoms with Crippen LogP contribution in [0.3, 0.4) is 0 Å². The van der Waals surface area contributed by atoms with E-state index in [9.17, 15) is 4.79 Å². The molecule has 0 aliphatic heterocycles. The standard InChI is InChI=1S/C18H20ClN5O/c1-4-23-16(11-15(22-23)12(2)3)18(25)21-14-8-5-7-13(19)17(14)24-10-6-9-20-24/h5-12H,4H2,1-3H3,(H,21,25). The van der Waals surface area contributed by atoms with Crippen molar-refractivity contribution in [1.82, 2.24) is 19.6 Å². The molecule has 0 aliphatic carbocycles. The molecule has 0 saturated carbocycles. The summed E-state index contributed by atoms with van der Waals surface area (Å²) in [5.41, 5.74) is 2.65. The first-order valence-electron chi connectivity index (χ1n) is 8.19. The van der Waals surface area contributed by atoms with Gasteiger partial charge in [0.25, 0.3) is 5.91 Å². The molecule has 2 heterocycles. The smallest absolute Gasteiger partial charge is 0.274 e. The summed E-state index contributed by atoms with van der Waals surface area (Å²) in [6.45, 7) is 6.69. The molecule has 0 bridgehead atoms. The number of aryl methyl sites for hydroxylation is 1. The molecule has 6 nitrogen and oxygen atoms in total. The fourth-order valence-corrected chi connectivity index (χ4v) is 2.84. The number of nitrogens with one attached hydrogen (secondary N) is 1. The largest absolute Gasteiger partial charge is 0.319 e. The number of carbonyl (C=O) groups excluding carboxylic acids is 1. The van der Waals surface area contributed by atoms with Crippen LogP contribution in [0, 0.1) is 0 Å². The number of hydrogen-bond donors (Lipinski definition) is 1. The van der Waals surface area contributed by atoms with Crippen LogP contribution < -0.4 is 5.32 Å². The molecular weight excluding hydrogens is 338 g/mol. The van der Waals surface area contributed by atoms with Crippen LogP contribution in [0.1, 0.15) is 42.9 Å². The zero-order chi connectivity index (χ0) is 18.0. The van der Waals surface area contributed by atoms with Crippen LogP contribution in [0.4, 0.5) is 5.69 Å². The highest BCUT2D eigenvalue weighted by molar-refractivity contribution is 6.33. The predicted octanol–water partition coefficient (Wildman–Crippen LogP) is 4.12. The van der Waals surface area contributed by atoms with Crippen LogP contribution in [0.2, 0.25) is 5.02 Å². The zero-order valence-corrected chi connectivity index (χ0v) is 15.2. The van der Waals surface area contributed by atoms with E-state index in [1.165, 1.54) is 0 Å². The fourth-order valence-electron chi connectivity index (χ4n) is 2.58.